The average molecular weight is 376 g/mol. The minimum atomic E-state index is -0.605. The molecule has 0 bridgehead atoms. The van der Waals surface area contributed by atoms with Gasteiger partial charge in [-0.25, -0.2) is 4.39 Å². The lowest BCUT2D eigenvalue weighted by atomic mass is 10.1. The Morgan fingerprint density at radius 1 is 1.38 bits per heavy atom. The maximum Gasteiger partial charge on any atom is 0.319 e. The summed E-state index contributed by atoms with van der Waals surface area (Å²) in [4.78, 5) is 24.2. The first kappa shape index (κ1) is 20.8. The number of methoxy groups -OCH3 is 1. The molecule has 0 radical (unpaired) electrons. The van der Waals surface area contributed by atoms with Crippen LogP contribution in [0.3, 0.4) is 0 Å². The van der Waals surface area contributed by atoms with E-state index in [2.05, 4.69) is 5.32 Å². The fourth-order valence-electron chi connectivity index (χ4n) is 2.06. The Kier molecular flexibility index (Phi) is 8.56. The van der Waals surface area contributed by atoms with Crippen molar-refractivity contribution in [1.82, 2.24) is 0 Å². The summed E-state index contributed by atoms with van der Waals surface area (Å²) in [6.45, 7) is 5.77. The number of amides is 1. The largest absolute Gasteiger partial charge is 0.468 e. The average Bonchev–Trinajstić information content (AvgIpc) is 2.49. The van der Waals surface area contributed by atoms with Gasteiger partial charge in [-0.1, -0.05) is 38.8 Å². The molecule has 0 spiro atoms. The molecule has 1 atom stereocenters. The van der Waals surface area contributed by atoms with Gasteiger partial charge in [0.1, 0.15) is 11.1 Å². The van der Waals surface area contributed by atoms with Crippen molar-refractivity contribution in [1.29, 1.82) is 0 Å². The Morgan fingerprint density at radius 2 is 2.04 bits per heavy atom. The fraction of sp³-hybridized carbons (Fsp3) is 0.529. The van der Waals surface area contributed by atoms with Crippen LogP contribution in [-0.4, -0.2) is 24.2 Å². The second-order valence-corrected chi connectivity index (χ2v) is 7.48. The van der Waals surface area contributed by atoms with E-state index in [1.54, 1.807) is 0 Å². The van der Waals surface area contributed by atoms with E-state index in [-0.39, 0.29) is 28.5 Å². The predicted octanol–water partition coefficient (Wildman–Crippen LogP) is 4.90. The lowest BCUT2D eigenvalue weighted by molar-refractivity contribution is -0.140. The number of nitrogens with one attached hydrogen (secondary N) is 1. The van der Waals surface area contributed by atoms with Crippen molar-refractivity contribution in [3.05, 3.63) is 23.0 Å². The van der Waals surface area contributed by atoms with Crippen molar-refractivity contribution in [2.75, 3.05) is 12.4 Å². The molecule has 1 N–H and O–H groups in total. The molecule has 1 unspecified atom stereocenters. The van der Waals surface area contributed by atoms with Crippen LogP contribution in [0.2, 0.25) is 5.02 Å². The lowest BCUT2D eigenvalue weighted by Crippen LogP contribution is -2.18. The van der Waals surface area contributed by atoms with Gasteiger partial charge < -0.3 is 10.1 Å². The molecule has 24 heavy (non-hydrogen) atoms. The summed E-state index contributed by atoms with van der Waals surface area (Å²) in [7, 11) is 1.33. The molecule has 0 saturated heterocycles. The predicted molar refractivity (Wildman–Crippen MR) is 96.1 cm³/mol. The van der Waals surface area contributed by atoms with Gasteiger partial charge >= 0.3 is 5.97 Å². The molecule has 0 aliphatic rings. The first-order valence-corrected chi connectivity index (χ1v) is 9.07. The number of benzene rings is 1. The number of halogens is 2. The highest BCUT2D eigenvalue weighted by molar-refractivity contribution is 8.00. The van der Waals surface area contributed by atoms with Gasteiger partial charge in [0.25, 0.3) is 0 Å². The van der Waals surface area contributed by atoms with Gasteiger partial charge in [-0.2, -0.15) is 0 Å². The number of ether oxygens (including phenoxy) is 1. The van der Waals surface area contributed by atoms with E-state index in [1.807, 2.05) is 20.8 Å². The van der Waals surface area contributed by atoms with Gasteiger partial charge in [-0.15, -0.1) is 11.8 Å². The van der Waals surface area contributed by atoms with Gasteiger partial charge in [-0.05, 0) is 24.5 Å². The van der Waals surface area contributed by atoms with Crippen molar-refractivity contribution >= 4 is 40.9 Å². The van der Waals surface area contributed by atoms with Crippen LogP contribution in [0.1, 0.15) is 40.0 Å². The van der Waals surface area contributed by atoms with Gasteiger partial charge in [-0.3, -0.25) is 9.59 Å². The molecule has 4 nitrogen and oxygen atoms in total. The molecule has 0 aromatic heterocycles. The van der Waals surface area contributed by atoms with E-state index in [1.165, 1.54) is 24.9 Å². The molecule has 0 aliphatic heterocycles. The van der Waals surface area contributed by atoms with Gasteiger partial charge in [0, 0.05) is 11.3 Å². The Hall–Kier alpha value is -1.27. The Balaban J connectivity index is 3.00. The summed E-state index contributed by atoms with van der Waals surface area (Å²) in [6.07, 6.45) is 1.70. The Morgan fingerprint density at radius 3 is 2.58 bits per heavy atom. The van der Waals surface area contributed by atoms with Crippen molar-refractivity contribution in [3.63, 3.8) is 0 Å². The fourth-order valence-corrected chi connectivity index (χ4v) is 3.55. The summed E-state index contributed by atoms with van der Waals surface area (Å²) >= 11 is 7.30. The minimum absolute atomic E-state index is 0.0627. The smallest absolute Gasteiger partial charge is 0.319 e. The molecule has 1 aromatic rings. The van der Waals surface area contributed by atoms with E-state index >= 15 is 0 Å². The number of thioether (sulfide) groups is 1. The molecule has 1 rings (SSSR count). The van der Waals surface area contributed by atoms with Crippen molar-refractivity contribution in [3.8, 4) is 0 Å². The summed E-state index contributed by atoms with van der Waals surface area (Å²) in [6, 6.07) is 2.61. The molecule has 7 heteroatoms. The number of carbonyl (C=O) groups is 2. The molecule has 0 saturated carbocycles. The van der Waals surface area contributed by atoms with Crippen LogP contribution in [0.15, 0.2) is 17.0 Å². The van der Waals surface area contributed by atoms with Gasteiger partial charge in [0.05, 0.1) is 17.8 Å². The summed E-state index contributed by atoms with van der Waals surface area (Å²) in [5, 5.41) is 2.33. The molecule has 134 valence electrons. The van der Waals surface area contributed by atoms with E-state index in [9.17, 15) is 14.0 Å². The quantitative estimate of drug-likeness (QED) is 0.518. The zero-order chi connectivity index (χ0) is 18.3. The van der Waals surface area contributed by atoms with Gasteiger partial charge in [0.2, 0.25) is 5.91 Å². The van der Waals surface area contributed by atoms with Crippen LogP contribution in [0.25, 0.3) is 0 Å². The maximum absolute atomic E-state index is 14.0. The van der Waals surface area contributed by atoms with Gasteiger partial charge in [0.15, 0.2) is 0 Å². The standard InChI is InChI=1S/C17H23ClFNO3S/c1-5-6-14(17(22)23-4)24-15-9-13(12(19)8-11(15)18)20-16(21)7-10(2)3/h8-10,14H,5-7H2,1-4H3,(H,20,21). The molecule has 0 heterocycles. The second-order valence-electron chi connectivity index (χ2n) is 5.83. The summed E-state index contributed by atoms with van der Waals surface area (Å²) in [5.41, 5.74) is 0.0627. The molecule has 0 aliphatic carbocycles. The molecule has 1 aromatic carbocycles. The maximum atomic E-state index is 14.0. The van der Waals surface area contributed by atoms with Crippen LogP contribution in [0, 0.1) is 11.7 Å². The highest BCUT2D eigenvalue weighted by atomic mass is 35.5. The highest BCUT2D eigenvalue weighted by Crippen LogP contribution is 2.36. The van der Waals surface area contributed by atoms with Crippen LogP contribution < -0.4 is 5.32 Å². The van der Waals surface area contributed by atoms with E-state index in [0.717, 1.165) is 12.5 Å². The van der Waals surface area contributed by atoms with Crippen molar-refractivity contribution < 1.29 is 18.7 Å². The van der Waals surface area contributed by atoms with E-state index in [4.69, 9.17) is 16.3 Å². The Labute approximate surface area is 151 Å². The topological polar surface area (TPSA) is 55.4 Å². The number of hydrogen-bond donors (Lipinski definition) is 1. The monoisotopic (exact) mass is 375 g/mol. The number of hydrogen-bond acceptors (Lipinski definition) is 4. The van der Waals surface area contributed by atoms with Crippen LogP contribution in [-0.2, 0) is 14.3 Å². The number of carbonyl (C=O) groups excluding carboxylic acids is 2. The zero-order valence-electron chi connectivity index (χ0n) is 14.3. The van der Waals surface area contributed by atoms with Crippen molar-refractivity contribution in [2.45, 2.75) is 50.2 Å². The summed E-state index contributed by atoms with van der Waals surface area (Å²) in [5.74, 6) is -1.05. The third kappa shape index (κ3) is 6.32. The Bertz CT molecular complexity index is 595. The minimum Gasteiger partial charge on any atom is -0.468 e. The van der Waals surface area contributed by atoms with E-state index in [0.29, 0.717) is 17.7 Å². The van der Waals surface area contributed by atoms with Crippen molar-refractivity contribution in [2.24, 2.45) is 5.92 Å². The molecule has 1 amide bonds. The number of esters is 1. The molecular weight excluding hydrogens is 353 g/mol. The SMILES string of the molecule is CCCC(Sc1cc(NC(=O)CC(C)C)c(F)cc1Cl)C(=O)OC. The third-order valence-electron chi connectivity index (χ3n) is 3.17. The third-order valence-corrected chi connectivity index (χ3v) is 4.90. The van der Waals surface area contributed by atoms with Crippen LogP contribution in [0.5, 0.6) is 0 Å². The highest BCUT2D eigenvalue weighted by Gasteiger charge is 2.22. The van der Waals surface area contributed by atoms with Crippen LogP contribution in [0.4, 0.5) is 10.1 Å². The second kappa shape index (κ2) is 9.89. The number of rotatable bonds is 8. The first-order valence-electron chi connectivity index (χ1n) is 7.81. The zero-order valence-corrected chi connectivity index (χ0v) is 15.9. The van der Waals surface area contributed by atoms with Crippen LogP contribution >= 0.6 is 23.4 Å². The number of anilines is 1. The summed E-state index contributed by atoms with van der Waals surface area (Å²) < 4.78 is 18.8. The molecular formula is C17H23ClFNO3S. The first-order chi connectivity index (χ1) is 11.3. The molecule has 0 fully saturated rings. The normalized spacial score (nSPS) is 12.1. The van der Waals surface area contributed by atoms with E-state index < -0.39 is 11.1 Å². The lowest BCUT2D eigenvalue weighted by Gasteiger charge is -2.16.